The summed E-state index contributed by atoms with van der Waals surface area (Å²) in [4.78, 5) is 28.9. The van der Waals surface area contributed by atoms with E-state index in [9.17, 15) is 9.59 Å². The van der Waals surface area contributed by atoms with Crippen molar-refractivity contribution in [1.82, 2.24) is 4.90 Å². The second kappa shape index (κ2) is 8.43. The van der Waals surface area contributed by atoms with Crippen molar-refractivity contribution >= 4 is 23.2 Å². The molecular formula is C22H25N3O4. The van der Waals surface area contributed by atoms with E-state index < -0.39 is 0 Å². The second-order valence-corrected chi connectivity index (χ2v) is 7.05. The largest absolute Gasteiger partial charge is 0.486 e. The third-order valence-corrected chi connectivity index (χ3v) is 5.23. The van der Waals surface area contributed by atoms with Gasteiger partial charge in [-0.1, -0.05) is 19.1 Å². The highest BCUT2D eigenvalue weighted by atomic mass is 16.6. The first-order valence-electron chi connectivity index (χ1n) is 9.98. The van der Waals surface area contributed by atoms with Crippen molar-refractivity contribution in [3.63, 3.8) is 0 Å². The molecule has 0 radical (unpaired) electrons. The fourth-order valence-corrected chi connectivity index (χ4v) is 3.65. The van der Waals surface area contributed by atoms with Gasteiger partial charge in [0.25, 0.3) is 5.91 Å². The molecule has 0 aromatic heterocycles. The molecule has 2 amide bonds. The lowest BCUT2D eigenvalue weighted by atomic mass is 10.1. The summed E-state index contributed by atoms with van der Waals surface area (Å²) in [6.07, 6.45) is 0.530. The minimum Gasteiger partial charge on any atom is -0.486 e. The number of anilines is 2. The van der Waals surface area contributed by atoms with Gasteiger partial charge in [0.15, 0.2) is 11.5 Å². The van der Waals surface area contributed by atoms with Crippen molar-refractivity contribution in [2.45, 2.75) is 13.3 Å². The molecule has 2 aliphatic heterocycles. The van der Waals surface area contributed by atoms with Crippen molar-refractivity contribution in [2.75, 3.05) is 49.6 Å². The van der Waals surface area contributed by atoms with E-state index in [0.717, 1.165) is 24.5 Å². The van der Waals surface area contributed by atoms with Crippen LogP contribution in [-0.4, -0.2) is 56.1 Å². The molecule has 152 valence electrons. The average Bonchev–Trinajstić information content (AvgIpc) is 2.78. The molecule has 2 heterocycles. The molecule has 4 rings (SSSR count). The van der Waals surface area contributed by atoms with Crippen LogP contribution in [0.2, 0.25) is 0 Å². The number of fused-ring (bicyclic) bond motifs is 1. The van der Waals surface area contributed by atoms with Gasteiger partial charge in [0, 0.05) is 38.2 Å². The molecule has 0 spiro atoms. The van der Waals surface area contributed by atoms with Crippen molar-refractivity contribution in [2.24, 2.45) is 0 Å². The van der Waals surface area contributed by atoms with Crippen molar-refractivity contribution in [1.29, 1.82) is 0 Å². The molecule has 0 bridgehead atoms. The van der Waals surface area contributed by atoms with Crippen LogP contribution in [-0.2, 0) is 4.79 Å². The predicted octanol–water partition coefficient (Wildman–Crippen LogP) is 2.77. The average molecular weight is 395 g/mol. The molecule has 0 atom stereocenters. The standard InChI is InChI=1S/C22H25N3O4/c1-2-21(26)25-11-9-24(10-12-25)18-6-4-3-5-17(18)23-22(27)16-7-8-19-20(15-16)29-14-13-28-19/h3-8,15H,2,9-14H2,1H3,(H,23,27). The smallest absolute Gasteiger partial charge is 0.255 e. The maximum absolute atomic E-state index is 12.8. The number of carbonyl (C=O) groups is 2. The number of nitrogens with zero attached hydrogens (tertiary/aromatic N) is 2. The number of hydrogen-bond acceptors (Lipinski definition) is 5. The first-order valence-corrected chi connectivity index (χ1v) is 9.98. The zero-order valence-electron chi connectivity index (χ0n) is 16.5. The molecule has 0 saturated carbocycles. The quantitative estimate of drug-likeness (QED) is 0.862. The van der Waals surface area contributed by atoms with E-state index in [2.05, 4.69) is 10.2 Å². The molecule has 7 heteroatoms. The van der Waals surface area contributed by atoms with E-state index in [1.165, 1.54) is 0 Å². The molecule has 0 aliphatic carbocycles. The Bertz CT molecular complexity index is 907. The van der Waals surface area contributed by atoms with Crippen LogP contribution in [0, 0.1) is 0 Å². The summed E-state index contributed by atoms with van der Waals surface area (Å²) < 4.78 is 11.1. The summed E-state index contributed by atoms with van der Waals surface area (Å²) in [5.41, 5.74) is 2.23. The first-order chi connectivity index (χ1) is 14.2. The second-order valence-electron chi connectivity index (χ2n) is 7.05. The number of ether oxygens (including phenoxy) is 2. The van der Waals surface area contributed by atoms with Crippen LogP contribution < -0.4 is 19.7 Å². The summed E-state index contributed by atoms with van der Waals surface area (Å²) >= 11 is 0. The molecule has 2 aromatic rings. The lowest BCUT2D eigenvalue weighted by molar-refractivity contribution is -0.131. The van der Waals surface area contributed by atoms with E-state index in [0.29, 0.717) is 49.8 Å². The van der Waals surface area contributed by atoms with Gasteiger partial charge in [-0.2, -0.15) is 0 Å². The monoisotopic (exact) mass is 395 g/mol. The van der Waals surface area contributed by atoms with Gasteiger partial charge < -0.3 is 24.6 Å². The third-order valence-electron chi connectivity index (χ3n) is 5.23. The van der Waals surface area contributed by atoms with Gasteiger partial charge in [-0.25, -0.2) is 0 Å². The van der Waals surface area contributed by atoms with E-state index in [1.54, 1.807) is 18.2 Å². The molecular weight excluding hydrogens is 370 g/mol. The number of amides is 2. The fraction of sp³-hybridized carbons (Fsp3) is 0.364. The van der Waals surface area contributed by atoms with Gasteiger partial charge in [-0.3, -0.25) is 9.59 Å². The Labute approximate surface area is 170 Å². The highest BCUT2D eigenvalue weighted by Gasteiger charge is 2.22. The van der Waals surface area contributed by atoms with E-state index >= 15 is 0 Å². The number of rotatable bonds is 4. The predicted molar refractivity (Wildman–Crippen MR) is 111 cm³/mol. The van der Waals surface area contributed by atoms with Crippen LogP contribution in [0.15, 0.2) is 42.5 Å². The SMILES string of the molecule is CCC(=O)N1CCN(c2ccccc2NC(=O)c2ccc3c(c2)OCCO3)CC1. The van der Waals surface area contributed by atoms with Crippen LogP contribution in [0.3, 0.4) is 0 Å². The summed E-state index contributed by atoms with van der Waals surface area (Å²) in [6.45, 7) is 5.74. The van der Waals surface area contributed by atoms with Crippen molar-refractivity contribution in [3.05, 3.63) is 48.0 Å². The minimum absolute atomic E-state index is 0.185. The lowest BCUT2D eigenvalue weighted by Crippen LogP contribution is -2.48. The summed E-state index contributed by atoms with van der Waals surface area (Å²) in [7, 11) is 0. The molecule has 1 N–H and O–H groups in total. The number of piperazine rings is 1. The summed E-state index contributed by atoms with van der Waals surface area (Å²) in [5.74, 6) is 1.24. The van der Waals surface area contributed by atoms with Crippen molar-refractivity contribution < 1.29 is 19.1 Å². The van der Waals surface area contributed by atoms with Crippen LogP contribution in [0.5, 0.6) is 11.5 Å². The van der Waals surface area contributed by atoms with Crippen LogP contribution in [0.4, 0.5) is 11.4 Å². The Hall–Kier alpha value is -3.22. The topological polar surface area (TPSA) is 71.1 Å². The van der Waals surface area contributed by atoms with Crippen LogP contribution in [0.25, 0.3) is 0 Å². The van der Waals surface area contributed by atoms with Gasteiger partial charge in [-0.05, 0) is 30.3 Å². The van der Waals surface area contributed by atoms with Gasteiger partial charge in [0.05, 0.1) is 11.4 Å². The highest BCUT2D eigenvalue weighted by molar-refractivity contribution is 6.06. The summed E-state index contributed by atoms with van der Waals surface area (Å²) in [5, 5.41) is 3.02. The molecule has 29 heavy (non-hydrogen) atoms. The molecule has 1 fully saturated rings. The fourth-order valence-electron chi connectivity index (χ4n) is 3.65. The van der Waals surface area contributed by atoms with Gasteiger partial charge in [0.1, 0.15) is 13.2 Å². The lowest BCUT2D eigenvalue weighted by Gasteiger charge is -2.36. The Morgan fingerprint density at radius 1 is 0.966 bits per heavy atom. The van der Waals surface area contributed by atoms with Gasteiger partial charge in [-0.15, -0.1) is 0 Å². The highest BCUT2D eigenvalue weighted by Crippen LogP contribution is 2.32. The Morgan fingerprint density at radius 2 is 1.69 bits per heavy atom. The number of benzene rings is 2. The third kappa shape index (κ3) is 4.13. The zero-order valence-corrected chi connectivity index (χ0v) is 16.5. The maximum Gasteiger partial charge on any atom is 0.255 e. The van der Waals surface area contributed by atoms with E-state index in [-0.39, 0.29) is 11.8 Å². The van der Waals surface area contributed by atoms with Crippen LogP contribution >= 0.6 is 0 Å². The number of para-hydroxylation sites is 2. The Balaban J connectivity index is 1.47. The van der Waals surface area contributed by atoms with Crippen LogP contribution in [0.1, 0.15) is 23.7 Å². The molecule has 2 aromatic carbocycles. The van der Waals surface area contributed by atoms with E-state index in [1.807, 2.05) is 36.1 Å². The minimum atomic E-state index is -0.200. The number of hydrogen-bond donors (Lipinski definition) is 1. The van der Waals surface area contributed by atoms with Crippen molar-refractivity contribution in [3.8, 4) is 11.5 Å². The summed E-state index contributed by atoms with van der Waals surface area (Å²) in [6, 6.07) is 13.0. The number of nitrogens with one attached hydrogen (secondary N) is 1. The number of carbonyl (C=O) groups excluding carboxylic acids is 2. The normalized spacial score (nSPS) is 15.8. The van der Waals surface area contributed by atoms with E-state index in [4.69, 9.17) is 9.47 Å². The first kappa shape index (κ1) is 19.1. The molecule has 1 saturated heterocycles. The van der Waals surface area contributed by atoms with Gasteiger partial charge in [0.2, 0.25) is 5.91 Å². The Morgan fingerprint density at radius 3 is 2.45 bits per heavy atom. The maximum atomic E-state index is 12.8. The Kier molecular flexibility index (Phi) is 5.55. The molecule has 7 nitrogen and oxygen atoms in total. The molecule has 2 aliphatic rings. The molecule has 0 unspecified atom stereocenters. The van der Waals surface area contributed by atoms with Gasteiger partial charge >= 0.3 is 0 Å². The zero-order chi connectivity index (χ0) is 20.2.